The highest BCUT2D eigenvalue weighted by Crippen LogP contribution is 2.29. The Labute approximate surface area is 190 Å². The van der Waals surface area contributed by atoms with Gasteiger partial charge in [-0.25, -0.2) is 0 Å². The highest BCUT2D eigenvalue weighted by molar-refractivity contribution is 7.99. The molecule has 0 amide bonds. The molecular formula is C24H20ClN3O2S. The third kappa shape index (κ3) is 4.81. The Balaban J connectivity index is 1.68. The fraction of sp³-hybridized carbons (Fsp3) is 0.125. The van der Waals surface area contributed by atoms with E-state index in [0.29, 0.717) is 15.7 Å². The lowest BCUT2D eigenvalue weighted by molar-refractivity contribution is 0.102. The molecule has 4 rings (SSSR count). The van der Waals surface area contributed by atoms with Crippen molar-refractivity contribution < 1.29 is 9.53 Å². The first-order valence-electron chi connectivity index (χ1n) is 9.63. The van der Waals surface area contributed by atoms with Gasteiger partial charge < -0.3 is 4.74 Å². The summed E-state index contributed by atoms with van der Waals surface area (Å²) in [6.07, 6.45) is 0. The lowest BCUT2D eigenvalue weighted by atomic mass is 10.1. The molecule has 0 saturated heterocycles. The molecule has 0 atom stereocenters. The van der Waals surface area contributed by atoms with Crippen molar-refractivity contribution in [1.82, 2.24) is 14.8 Å². The number of ketones is 1. The molecule has 5 nitrogen and oxygen atoms in total. The number of benzene rings is 3. The van der Waals surface area contributed by atoms with E-state index >= 15 is 0 Å². The molecular weight excluding hydrogens is 430 g/mol. The zero-order valence-corrected chi connectivity index (χ0v) is 18.7. The first-order valence-corrected chi connectivity index (χ1v) is 11.0. The summed E-state index contributed by atoms with van der Waals surface area (Å²) in [6, 6.07) is 22.7. The molecule has 0 aliphatic heterocycles. The van der Waals surface area contributed by atoms with Crippen molar-refractivity contribution in [3.8, 4) is 22.8 Å². The average molecular weight is 450 g/mol. The van der Waals surface area contributed by atoms with Gasteiger partial charge in [0.2, 0.25) is 0 Å². The molecule has 0 bridgehead atoms. The fourth-order valence-corrected chi connectivity index (χ4v) is 4.12. The number of rotatable bonds is 7. The number of methoxy groups -OCH3 is 1. The summed E-state index contributed by atoms with van der Waals surface area (Å²) in [7, 11) is 1.63. The van der Waals surface area contributed by atoms with E-state index in [1.807, 2.05) is 54.0 Å². The number of ether oxygens (including phenoxy) is 1. The van der Waals surface area contributed by atoms with Crippen LogP contribution < -0.4 is 4.74 Å². The van der Waals surface area contributed by atoms with Gasteiger partial charge in [0.25, 0.3) is 0 Å². The number of nitrogens with zero attached hydrogens (tertiary/aromatic N) is 3. The lowest BCUT2D eigenvalue weighted by Gasteiger charge is -2.11. The molecule has 0 aliphatic carbocycles. The highest BCUT2D eigenvalue weighted by atomic mass is 35.5. The monoisotopic (exact) mass is 449 g/mol. The van der Waals surface area contributed by atoms with Crippen LogP contribution in [-0.2, 0) is 0 Å². The summed E-state index contributed by atoms with van der Waals surface area (Å²) in [5, 5.41) is 10.1. The van der Waals surface area contributed by atoms with Gasteiger partial charge in [-0.3, -0.25) is 9.36 Å². The maximum absolute atomic E-state index is 12.6. The average Bonchev–Trinajstić information content (AvgIpc) is 3.22. The molecule has 0 spiro atoms. The summed E-state index contributed by atoms with van der Waals surface area (Å²) in [5.74, 6) is 1.73. The smallest absolute Gasteiger partial charge is 0.196 e. The first-order chi connectivity index (χ1) is 15.0. The number of hydrogen-bond acceptors (Lipinski definition) is 5. The van der Waals surface area contributed by atoms with E-state index in [1.165, 1.54) is 11.8 Å². The number of aryl methyl sites for hydroxylation is 1. The van der Waals surface area contributed by atoms with Crippen molar-refractivity contribution in [2.45, 2.75) is 12.1 Å². The molecule has 4 aromatic rings. The van der Waals surface area contributed by atoms with Crippen LogP contribution in [0.2, 0.25) is 5.02 Å². The quantitative estimate of drug-likeness (QED) is 0.260. The Morgan fingerprint density at radius 1 is 1.03 bits per heavy atom. The largest absolute Gasteiger partial charge is 0.497 e. The number of halogens is 1. The van der Waals surface area contributed by atoms with E-state index in [1.54, 1.807) is 31.4 Å². The molecule has 7 heteroatoms. The molecule has 0 saturated carbocycles. The zero-order valence-electron chi connectivity index (χ0n) is 17.1. The second-order valence-electron chi connectivity index (χ2n) is 6.93. The molecule has 0 aliphatic rings. The van der Waals surface area contributed by atoms with Crippen molar-refractivity contribution in [3.63, 3.8) is 0 Å². The van der Waals surface area contributed by atoms with Crippen molar-refractivity contribution >= 4 is 29.1 Å². The Morgan fingerprint density at radius 3 is 2.45 bits per heavy atom. The van der Waals surface area contributed by atoms with Crippen LogP contribution in [0.5, 0.6) is 5.75 Å². The number of aromatic nitrogens is 3. The van der Waals surface area contributed by atoms with Crippen LogP contribution in [0.1, 0.15) is 15.9 Å². The third-order valence-corrected chi connectivity index (χ3v) is 5.92. The summed E-state index contributed by atoms with van der Waals surface area (Å²) in [4.78, 5) is 12.6. The topological polar surface area (TPSA) is 57.0 Å². The van der Waals surface area contributed by atoms with Crippen LogP contribution in [0.3, 0.4) is 0 Å². The number of hydrogen-bond donors (Lipinski definition) is 0. The highest BCUT2D eigenvalue weighted by Gasteiger charge is 2.18. The van der Waals surface area contributed by atoms with Crippen LogP contribution in [0, 0.1) is 6.92 Å². The van der Waals surface area contributed by atoms with Crippen LogP contribution >= 0.6 is 23.4 Å². The minimum Gasteiger partial charge on any atom is -0.497 e. The Hall–Kier alpha value is -3.09. The number of carbonyl (C=O) groups excluding carboxylic acids is 1. The van der Waals surface area contributed by atoms with Crippen LogP contribution in [0.25, 0.3) is 17.1 Å². The summed E-state index contributed by atoms with van der Waals surface area (Å²) in [6.45, 7) is 2.04. The normalized spacial score (nSPS) is 10.8. The van der Waals surface area contributed by atoms with Crippen LogP contribution in [0.15, 0.2) is 78.0 Å². The predicted molar refractivity (Wildman–Crippen MR) is 125 cm³/mol. The minimum absolute atomic E-state index is 0.00283. The molecule has 0 fully saturated rings. The van der Waals surface area contributed by atoms with Crippen molar-refractivity contribution in [1.29, 1.82) is 0 Å². The number of carbonyl (C=O) groups is 1. The van der Waals surface area contributed by atoms with Gasteiger partial charge in [-0.15, -0.1) is 10.2 Å². The van der Waals surface area contributed by atoms with Gasteiger partial charge in [0.15, 0.2) is 16.8 Å². The first kappa shape index (κ1) is 21.2. The molecule has 0 N–H and O–H groups in total. The van der Waals surface area contributed by atoms with E-state index in [0.717, 1.165) is 28.4 Å². The van der Waals surface area contributed by atoms with E-state index in [9.17, 15) is 4.79 Å². The lowest BCUT2D eigenvalue weighted by Crippen LogP contribution is -2.05. The van der Waals surface area contributed by atoms with Gasteiger partial charge >= 0.3 is 0 Å². The van der Waals surface area contributed by atoms with Crippen LogP contribution in [-0.4, -0.2) is 33.4 Å². The third-order valence-electron chi connectivity index (χ3n) is 4.74. The molecule has 1 aromatic heterocycles. The summed E-state index contributed by atoms with van der Waals surface area (Å²) < 4.78 is 7.25. The Bertz CT molecular complexity index is 1200. The fourth-order valence-electron chi connectivity index (χ4n) is 3.15. The van der Waals surface area contributed by atoms with Gasteiger partial charge in [0.1, 0.15) is 5.75 Å². The van der Waals surface area contributed by atoms with Gasteiger partial charge in [-0.1, -0.05) is 47.1 Å². The molecule has 0 unspecified atom stereocenters. The van der Waals surface area contributed by atoms with Crippen molar-refractivity contribution in [2.24, 2.45) is 0 Å². The molecule has 1 heterocycles. The maximum atomic E-state index is 12.6. The van der Waals surface area contributed by atoms with Crippen molar-refractivity contribution in [3.05, 3.63) is 88.9 Å². The molecule has 31 heavy (non-hydrogen) atoms. The van der Waals surface area contributed by atoms with Crippen molar-refractivity contribution in [2.75, 3.05) is 12.9 Å². The zero-order chi connectivity index (χ0) is 21.8. The van der Waals surface area contributed by atoms with Gasteiger partial charge in [0, 0.05) is 21.8 Å². The standard InChI is InChI=1S/C24H20ClN3O2S/c1-16-4-3-5-18(14-16)23-26-27-24(28(23)20-10-12-21(30-2)13-11-20)31-15-22(29)17-6-8-19(25)9-7-17/h3-14H,15H2,1-2H3. The minimum atomic E-state index is 0.00283. The molecule has 0 radical (unpaired) electrons. The van der Waals surface area contributed by atoms with E-state index in [2.05, 4.69) is 16.3 Å². The molecule has 156 valence electrons. The maximum Gasteiger partial charge on any atom is 0.196 e. The second kappa shape index (κ2) is 9.37. The molecule has 3 aromatic carbocycles. The Morgan fingerprint density at radius 2 is 1.77 bits per heavy atom. The Kier molecular flexibility index (Phi) is 6.39. The second-order valence-corrected chi connectivity index (χ2v) is 8.31. The number of Topliss-reactive ketones (excluding diaryl/α,β-unsaturated/α-hetero) is 1. The SMILES string of the molecule is COc1ccc(-n2c(SCC(=O)c3ccc(Cl)cc3)nnc2-c2cccc(C)c2)cc1. The summed E-state index contributed by atoms with van der Waals surface area (Å²) in [5.41, 5.74) is 3.60. The van der Waals surface area contributed by atoms with Crippen LogP contribution in [0.4, 0.5) is 0 Å². The van der Waals surface area contributed by atoms with Gasteiger partial charge in [-0.05, 0) is 61.5 Å². The van der Waals surface area contributed by atoms with E-state index < -0.39 is 0 Å². The summed E-state index contributed by atoms with van der Waals surface area (Å²) >= 11 is 7.28. The predicted octanol–water partition coefficient (Wildman–Crippen LogP) is 5.88. The van der Waals surface area contributed by atoms with E-state index in [4.69, 9.17) is 16.3 Å². The van der Waals surface area contributed by atoms with Gasteiger partial charge in [0.05, 0.1) is 12.9 Å². The van der Waals surface area contributed by atoms with Gasteiger partial charge in [-0.2, -0.15) is 0 Å². The van der Waals surface area contributed by atoms with E-state index in [-0.39, 0.29) is 11.5 Å². The number of thioether (sulfide) groups is 1.